The maximum Gasteiger partial charge on any atom is 0.243 e. The molecule has 1 fully saturated rings. The highest BCUT2D eigenvalue weighted by Crippen LogP contribution is 2.17. The van der Waals surface area contributed by atoms with Gasteiger partial charge in [-0.1, -0.05) is 62.4 Å². The first kappa shape index (κ1) is 23.9. The van der Waals surface area contributed by atoms with Crippen molar-refractivity contribution in [2.24, 2.45) is 5.92 Å². The summed E-state index contributed by atoms with van der Waals surface area (Å²) in [4.78, 5) is 32.6. The van der Waals surface area contributed by atoms with E-state index >= 15 is 0 Å². The standard InChI is InChI=1S/C28H34N4O2/c1-20(2)27(31-26(33)18-21-10-11-22-7-3-4-8-23(22)17-21)28(34)30-24-12-15-32(16-13-24)19-25-9-5-6-14-29-25/h3-11,14,17,20,24,27H,12-13,15-16,18-19H2,1-2H3,(H,30,34)(H,31,33). The van der Waals surface area contributed by atoms with Crippen molar-refractivity contribution in [2.45, 2.75) is 51.7 Å². The van der Waals surface area contributed by atoms with E-state index in [1.807, 2.05) is 74.6 Å². The highest BCUT2D eigenvalue weighted by atomic mass is 16.2. The maximum atomic E-state index is 13.0. The number of carbonyl (C=O) groups excluding carboxylic acids is 2. The molecule has 0 bridgehead atoms. The van der Waals surface area contributed by atoms with Crippen LogP contribution < -0.4 is 10.6 Å². The zero-order valence-electron chi connectivity index (χ0n) is 20.0. The minimum Gasteiger partial charge on any atom is -0.351 e. The molecule has 2 amide bonds. The van der Waals surface area contributed by atoms with Gasteiger partial charge in [-0.2, -0.15) is 0 Å². The molecule has 6 nitrogen and oxygen atoms in total. The van der Waals surface area contributed by atoms with Gasteiger partial charge in [0.05, 0.1) is 12.1 Å². The van der Waals surface area contributed by atoms with Gasteiger partial charge in [0.2, 0.25) is 11.8 Å². The molecule has 34 heavy (non-hydrogen) atoms. The lowest BCUT2D eigenvalue weighted by Crippen LogP contribution is -2.54. The number of fused-ring (bicyclic) bond motifs is 1. The maximum absolute atomic E-state index is 13.0. The molecule has 0 saturated carbocycles. The highest BCUT2D eigenvalue weighted by Gasteiger charge is 2.28. The quantitative estimate of drug-likeness (QED) is 0.540. The molecule has 0 aliphatic carbocycles. The summed E-state index contributed by atoms with van der Waals surface area (Å²) >= 11 is 0. The van der Waals surface area contributed by atoms with E-state index in [4.69, 9.17) is 0 Å². The van der Waals surface area contributed by atoms with Gasteiger partial charge in [-0.25, -0.2) is 0 Å². The fraction of sp³-hybridized carbons (Fsp3) is 0.393. The van der Waals surface area contributed by atoms with Crippen molar-refractivity contribution in [1.82, 2.24) is 20.5 Å². The number of hydrogen-bond acceptors (Lipinski definition) is 4. The molecule has 1 aliphatic heterocycles. The molecule has 1 aliphatic rings. The number of carbonyl (C=O) groups is 2. The third kappa shape index (κ3) is 6.41. The molecule has 1 atom stereocenters. The highest BCUT2D eigenvalue weighted by molar-refractivity contribution is 5.89. The smallest absolute Gasteiger partial charge is 0.243 e. The number of nitrogens with one attached hydrogen (secondary N) is 2. The van der Waals surface area contributed by atoms with Crippen LogP contribution in [0.25, 0.3) is 10.8 Å². The molecular weight excluding hydrogens is 424 g/mol. The third-order valence-corrected chi connectivity index (χ3v) is 6.49. The normalized spacial score (nSPS) is 15.9. The summed E-state index contributed by atoms with van der Waals surface area (Å²) in [5.41, 5.74) is 2.01. The molecule has 1 unspecified atom stereocenters. The number of likely N-dealkylation sites (tertiary alicyclic amines) is 1. The summed E-state index contributed by atoms with van der Waals surface area (Å²) < 4.78 is 0. The number of pyridine rings is 1. The summed E-state index contributed by atoms with van der Waals surface area (Å²) in [6.07, 6.45) is 3.87. The largest absolute Gasteiger partial charge is 0.351 e. The van der Waals surface area contributed by atoms with Crippen molar-refractivity contribution in [3.8, 4) is 0 Å². The van der Waals surface area contributed by atoms with Crippen LogP contribution in [-0.2, 0) is 22.6 Å². The SMILES string of the molecule is CC(C)C(NC(=O)Cc1ccc2ccccc2c1)C(=O)NC1CCN(Cc2ccccn2)CC1. The van der Waals surface area contributed by atoms with Gasteiger partial charge in [-0.05, 0) is 47.2 Å². The van der Waals surface area contributed by atoms with Gasteiger partial charge in [-0.3, -0.25) is 19.5 Å². The minimum atomic E-state index is -0.542. The summed E-state index contributed by atoms with van der Waals surface area (Å²) in [6.45, 7) is 6.61. The Hall–Kier alpha value is -3.25. The number of rotatable bonds is 8. The minimum absolute atomic E-state index is 0.00444. The van der Waals surface area contributed by atoms with Crippen molar-refractivity contribution >= 4 is 22.6 Å². The number of piperidine rings is 1. The lowest BCUT2D eigenvalue weighted by Gasteiger charge is -2.33. The third-order valence-electron chi connectivity index (χ3n) is 6.49. The molecule has 0 spiro atoms. The number of aromatic nitrogens is 1. The Morgan fingerprint density at radius 1 is 1.00 bits per heavy atom. The van der Waals surface area contributed by atoms with Gasteiger partial charge in [0.25, 0.3) is 0 Å². The van der Waals surface area contributed by atoms with Gasteiger partial charge < -0.3 is 10.6 Å². The molecule has 2 heterocycles. The van der Waals surface area contributed by atoms with Gasteiger partial charge in [0.1, 0.15) is 6.04 Å². The second-order valence-electron chi connectivity index (χ2n) is 9.53. The van der Waals surface area contributed by atoms with Crippen LogP contribution in [0.3, 0.4) is 0 Å². The summed E-state index contributed by atoms with van der Waals surface area (Å²) in [6, 6.07) is 19.7. The number of nitrogens with zero attached hydrogens (tertiary/aromatic N) is 2. The first-order valence-electron chi connectivity index (χ1n) is 12.2. The lowest BCUT2D eigenvalue weighted by atomic mass is 9.99. The number of benzene rings is 2. The van der Waals surface area contributed by atoms with E-state index in [9.17, 15) is 9.59 Å². The average Bonchev–Trinajstić information content (AvgIpc) is 2.84. The molecular formula is C28H34N4O2. The van der Waals surface area contributed by atoms with E-state index in [-0.39, 0.29) is 30.2 Å². The van der Waals surface area contributed by atoms with Crippen molar-refractivity contribution in [2.75, 3.05) is 13.1 Å². The Balaban J connectivity index is 1.27. The van der Waals surface area contributed by atoms with E-state index in [0.717, 1.165) is 54.5 Å². The Labute approximate surface area is 201 Å². The predicted molar refractivity (Wildman–Crippen MR) is 135 cm³/mol. The molecule has 4 rings (SSSR count). The van der Waals surface area contributed by atoms with Crippen LogP contribution in [0.2, 0.25) is 0 Å². The van der Waals surface area contributed by atoms with Crippen LogP contribution in [0.5, 0.6) is 0 Å². The molecule has 0 radical (unpaired) electrons. The summed E-state index contributed by atoms with van der Waals surface area (Å²) in [5, 5.41) is 8.42. The van der Waals surface area contributed by atoms with Crippen molar-refractivity contribution in [3.05, 3.63) is 78.1 Å². The zero-order chi connectivity index (χ0) is 23.9. The Bertz CT molecular complexity index is 1110. The van der Waals surface area contributed by atoms with Crippen molar-refractivity contribution < 1.29 is 9.59 Å². The van der Waals surface area contributed by atoms with Crippen LogP contribution in [0.4, 0.5) is 0 Å². The van der Waals surface area contributed by atoms with Crippen LogP contribution in [0.1, 0.15) is 37.9 Å². The van der Waals surface area contributed by atoms with Gasteiger partial charge in [0, 0.05) is 31.9 Å². The summed E-state index contributed by atoms with van der Waals surface area (Å²) in [7, 11) is 0. The lowest BCUT2D eigenvalue weighted by molar-refractivity contribution is -0.130. The summed E-state index contributed by atoms with van der Waals surface area (Å²) in [5.74, 6) is -0.218. The van der Waals surface area contributed by atoms with Gasteiger partial charge in [0.15, 0.2) is 0 Å². The fourth-order valence-corrected chi connectivity index (χ4v) is 4.54. The number of amides is 2. The first-order valence-corrected chi connectivity index (χ1v) is 12.2. The van der Waals surface area contributed by atoms with Crippen molar-refractivity contribution in [3.63, 3.8) is 0 Å². The monoisotopic (exact) mass is 458 g/mol. The fourth-order valence-electron chi connectivity index (χ4n) is 4.54. The van der Waals surface area contributed by atoms with E-state index < -0.39 is 6.04 Å². The topological polar surface area (TPSA) is 74.3 Å². The molecule has 178 valence electrons. The van der Waals surface area contributed by atoms with Crippen LogP contribution in [0, 0.1) is 5.92 Å². The van der Waals surface area contributed by atoms with E-state index in [1.54, 1.807) is 0 Å². The molecule has 2 aromatic carbocycles. The second kappa shape index (κ2) is 11.3. The van der Waals surface area contributed by atoms with Crippen molar-refractivity contribution in [1.29, 1.82) is 0 Å². The van der Waals surface area contributed by atoms with Gasteiger partial charge >= 0.3 is 0 Å². The van der Waals surface area contributed by atoms with Crippen LogP contribution in [0.15, 0.2) is 66.9 Å². The van der Waals surface area contributed by atoms with Crippen LogP contribution in [-0.4, -0.2) is 46.9 Å². The molecule has 2 N–H and O–H groups in total. The molecule has 1 saturated heterocycles. The predicted octanol–water partition coefficient (Wildman–Crippen LogP) is 3.70. The van der Waals surface area contributed by atoms with Gasteiger partial charge in [-0.15, -0.1) is 0 Å². The zero-order valence-corrected chi connectivity index (χ0v) is 20.0. The van der Waals surface area contributed by atoms with Crippen LogP contribution >= 0.6 is 0 Å². The molecule has 1 aromatic heterocycles. The molecule has 6 heteroatoms. The van der Waals surface area contributed by atoms with E-state index in [1.165, 1.54) is 0 Å². The Kier molecular flexibility index (Phi) is 7.91. The van der Waals surface area contributed by atoms with E-state index in [2.05, 4.69) is 26.6 Å². The average molecular weight is 459 g/mol. The first-order chi connectivity index (χ1) is 16.5. The molecule has 3 aromatic rings. The Morgan fingerprint density at radius 3 is 2.44 bits per heavy atom. The van der Waals surface area contributed by atoms with E-state index in [0.29, 0.717) is 0 Å². The Morgan fingerprint density at radius 2 is 1.74 bits per heavy atom. The second-order valence-corrected chi connectivity index (χ2v) is 9.53. The number of hydrogen-bond donors (Lipinski definition) is 2.